The lowest BCUT2D eigenvalue weighted by molar-refractivity contribution is 0.0677. The second-order valence-electron chi connectivity index (χ2n) is 7.29. The average molecular weight is 383 g/mol. The van der Waals surface area contributed by atoms with Crippen LogP contribution in [-0.2, 0) is 6.42 Å². The number of benzene rings is 1. The Labute approximate surface area is 166 Å². The second-order valence-corrected chi connectivity index (χ2v) is 7.29. The van der Waals surface area contributed by atoms with Gasteiger partial charge in [-0.3, -0.25) is 9.78 Å². The van der Waals surface area contributed by atoms with E-state index in [1.165, 1.54) is 6.42 Å². The molecule has 28 heavy (non-hydrogen) atoms. The molecule has 1 aliphatic heterocycles. The maximum atomic E-state index is 12.7. The van der Waals surface area contributed by atoms with Gasteiger partial charge in [0, 0.05) is 31.5 Å². The fraction of sp³-hybridized carbons (Fsp3) is 0.455. The van der Waals surface area contributed by atoms with Crippen molar-refractivity contribution in [3.05, 3.63) is 47.8 Å². The number of piperidine rings is 1. The predicted molar refractivity (Wildman–Crippen MR) is 110 cm³/mol. The van der Waals surface area contributed by atoms with Gasteiger partial charge in [-0.2, -0.15) is 0 Å². The number of hydrogen-bond donors (Lipinski definition) is 1. The van der Waals surface area contributed by atoms with Crippen molar-refractivity contribution in [1.29, 1.82) is 0 Å². The quantitative estimate of drug-likeness (QED) is 0.791. The number of methoxy groups -OCH3 is 2. The standard InChI is InChI=1S/C22H29N3O3/c1-16-5-4-12-25(15-16)22(26)19-14-18(9-11-24-19)23-10-8-17-6-7-20(27-2)21(13-17)28-3/h6-7,9,11,13-14,16H,4-5,8,10,12,15H2,1-3H3,(H,23,24). The molecule has 2 heterocycles. The van der Waals surface area contributed by atoms with Crippen LogP contribution in [0.15, 0.2) is 36.5 Å². The van der Waals surface area contributed by atoms with E-state index in [0.717, 1.165) is 55.2 Å². The second kappa shape index (κ2) is 9.44. The molecular weight excluding hydrogens is 354 g/mol. The van der Waals surface area contributed by atoms with E-state index in [9.17, 15) is 4.79 Å². The Morgan fingerprint density at radius 2 is 2.04 bits per heavy atom. The fourth-order valence-electron chi connectivity index (χ4n) is 3.58. The van der Waals surface area contributed by atoms with Gasteiger partial charge in [-0.1, -0.05) is 13.0 Å². The topological polar surface area (TPSA) is 63.7 Å². The maximum absolute atomic E-state index is 12.7. The van der Waals surface area contributed by atoms with Crippen molar-refractivity contribution in [2.45, 2.75) is 26.2 Å². The lowest BCUT2D eigenvalue weighted by Crippen LogP contribution is -2.39. The molecule has 1 aromatic heterocycles. The first-order chi connectivity index (χ1) is 13.6. The minimum Gasteiger partial charge on any atom is -0.493 e. The Hall–Kier alpha value is -2.76. The molecule has 1 unspecified atom stereocenters. The van der Waals surface area contributed by atoms with Gasteiger partial charge < -0.3 is 19.7 Å². The fourth-order valence-corrected chi connectivity index (χ4v) is 3.58. The van der Waals surface area contributed by atoms with E-state index in [1.54, 1.807) is 20.4 Å². The molecule has 0 spiro atoms. The summed E-state index contributed by atoms with van der Waals surface area (Å²) in [6.07, 6.45) is 4.78. The predicted octanol–water partition coefficient (Wildman–Crippen LogP) is 3.63. The summed E-state index contributed by atoms with van der Waals surface area (Å²) in [4.78, 5) is 18.9. The first-order valence-corrected chi connectivity index (χ1v) is 9.81. The van der Waals surface area contributed by atoms with Crippen LogP contribution < -0.4 is 14.8 Å². The van der Waals surface area contributed by atoms with Gasteiger partial charge in [0.25, 0.3) is 5.91 Å². The third-order valence-electron chi connectivity index (χ3n) is 5.11. The van der Waals surface area contributed by atoms with Gasteiger partial charge in [0.1, 0.15) is 5.69 Å². The van der Waals surface area contributed by atoms with Crippen LogP contribution in [-0.4, -0.2) is 49.6 Å². The molecule has 1 fully saturated rings. The number of carbonyl (C=O) groups excluding carboxylic acids is 1. The smallest absolute Gasteiger partial charge is 0.272 e. The van der Waals surface area contributed by atoms with E-state index in [-0.39, 0.29) is 5.91 Å². The Kier molecular flexibility index (Phi) is 6.74. The van der Waals surface area contributed by atoms with E-state index in [2.05, 4.69) is 17.2 Å². The SMILES string of the molecule is COc1ccc(CCNc2ccnc(C(=O)N3CCCC(C)C3)c2)cc1OC. The third-order valence-corrected chi connectivity index (χ3v) is 5.11. The molecule has 2 aromatic rings. The number of carbonyl (C=O) groups is 1. The first-order valence-electron chi connectivity index (χ1n) is 9.81. The Balaban J connectivity index is 1.58. The lowest BCUT2D eigenvalue weighted by atomic mass is 10.00. The summed E-state index contributed by atoms with van der Waals surface area (Å²) in [6, 6.07) is 9.67. The number of aromatic nitrogens is 1. The normalized spacial score (nSPS) is 16.5. The Morgan fingerprint density at radius 3 is 2.79 bits per heavy atom. The van der Waals surface area contributed by atoms with Crippen LogP contribution in [0.5, 0.6) is 11.5 Å². The Bertz CT molecular complexity index is 809. The Morgan fingerprint density at radius 1 is 1.21 bits per heavy atom. The number of rotatable bonds is 7. The van der Waals surface area contributed by atoms with Gasteiger partial charge in [-0.05, 0) is 55.0 Å². The van der Waals surface area contributed by atoms with Crippen LogP contribution in [0.4, 0.5) is 5.69 Å². The molecule has 1 saturated heterocycles. The van der Waals surface area contributed by atoms with E-state index < -0.39 is 0 Å². The largest absolute Gasteiger partial charge is 0.493 e. The number of pyridine rings is 1. The van der Waals surface area contributed by atoms with Gasteiger partial charge >= 0.3 is 0 Å². The van der Waals surface area contributed by atoms with Crippen LogP contribution in [0.3, 0.4) is 0 Å². The van der Waals surface area contributed by atoms with Gasteiger partial charge in [0.2, 0.25) is 0 Å². The zero-order chi connectivity index (χ0) is 19.9. The number of amides is 1. The molecule has 0 aliphatic carbocycles. The average Bonchev–Trinajstić information content (AvgIpc) is 2.73. The summed E-state index contributed by atoms with van der Waals surface area (Å²) < 4.78 is 10.6. The molecule has 1 N–H and O–H groups in total. The van der Waals surface area contributed by atoms with Crippen molar-refractivity contribution in [2.24, 2.45) is 5.92 Å². The molecule has 1 atom stereocenters. The minimum absolute atomic E-state index is 0.0232. The molecule has 150 valence electrons. The summed E-state index contributed by atoms with van der Waals surface area (Å²) in [5.41, 5.74) is 2.56. The van der Waals surface area contributed by atoms with Crippen molar-refractivity contribution in [1.82, 2.24) is 9.88 Å². The molecular formula is C22H29N3O3. The van der Waals surface area contributed by atoms with E-state index in [1.807, 2.05) is 35.2 Å². The van der Waals surface area contributed by atoms with Crippen LogP contribution in [0.25, 0.3) is 0 Å². The van der Waals surface area contributed by atoms with E-state index in [4.69, 9.17) is 9.47 Å². The summed E-state index contributed by atoms with van der Waals surface area (Å²) in [5, 5.41) is 3.38. The van der Waals surface area contributed by atoms with Crippen molar-refractivity contribution in [2.75, 3.05) is 39.2 Å². The number of likely N-dealkylation sites (tertiary alicyclic amines) is 1. The number of anilines is 1. The zero-order valence-electron chi connectivity index (χ0n) is 16.9. The molecule has 6 heteroatoms. The van der Waals surface area contributed by atoms with Crippen LogP contribution in [0.2, 0.25) is 0 Å². The highest BCUT2D eigenvalue weighted by Crippen LogP contribution is 2.27. The van der Waals surface area contributed by atoms with Gasteiger partial charge in [-0.25, -0.2) is 0 Å². The zero-order valence-corrected chi connectivity index (χ0v) is 16.9. The number of nitrogens with one attached hydrogen (secondary N) is 1. The van der Waals surface area contributed by atoms with Crippen LogP contribution in [0.1, 0.15) is 35.8 Å². The molecule has 0 bridgehead atoms. The highest BCUT2D eigenvalue weighted by Gasteiger charge is 2.22. The highest BCUT2D eigenvalue weighted by molar-refractivity contribution is 5.93. The molecule has 0 saturated carbocycles. The van der Waals surface area contributed by atoms with Crippen LogP contribution >= 0.6 is 0 Å². The monoisotopic (exact) mass is 383 g/mol. The molecule has 1 amide bonds. The number of hydrogen-bond acceptors (Lipinski definition) is 5. The highest BCUT2D eigenvalue weighted by atomic mass is 16.5. The van der Waals surface area contributed by atoms with Gasteiger partial charge in [-0.15, -0.1) is 0 Å². The summed E-state index contributed by atoms with van der Waals surface area (Å²) >= 11 is 0. The van der Waals surface area contributed by atoms with E-state index >= 15 is 0 Å². The van der Waals surface area contributed by atoms with Crippen molar-refractivity contribution < 1.29 is 14.3 Å². The summed E-state index contributed by atoms with van der Waals surface area (Å²) in [5.74, 6) is 2.03. The minimum atomic E-state index is 0.0232. The van der Waals surface area contributed by atoms with Crippen molar-refractivity contribution in [3.8, 4) is 11.5 Å². The molecule has 0 radical (unpaired) electrons. The van der Waals surface area contributed by atoms with Gasteiger partial charge in [0.05, 0.1) is 14.2 Å². The number of ether oxygens (including phenoxy) is 2. The molecule has 1 aromatic carbocycles. The van der Waals surface area contributed by atoms with Crippen molar-refractivity contribution >= 4 is 11.6 Å². The molecule has 6 nitrogen and oxygen atoms in total. The third kappa shape index (κ3) is 4.94. The van der Waals surface area contributed by atoms with E-state index in [0.29, 0.717) is 11.6 Å². The maximum Gasteiger partial charge on any atom is 0.272 e. The van der Waals surface area contributed by atoms with Gasteiger partial charge in [0.15, 0.2) is 11.5 Å². The first kappa shape index (κ1) is 20.0. The molecule has 3 rings (SSSR count). The van der Waals surface area contributed by atoms with Crippen molar-refractivity contribution in [3.63, 3.8) is 0 Å². The summed E-state index contributed by atoms with van der Waals surface area (Å²) in [7, 11) is 3.27. The molecule has 1 aliphatic rings. The van der Waals surface area contributed by atoms with Crippen LogP contribution in [0, 0.1) is 5.92 Å². The number of nitrogens with zero attached hydrogens (tertiary/aromatic N) is 2. The summed E-state index contributed by atoms with van der Waals surface area (Å²) in [6.45, 7) is 4.58. The lowest BCUT2D eigenvalue weighted by Gasteiger charge is -2.30.